The second kappa shape index (κ2) is 5.43. The number of imide groups is 1. The van der Waals surface area contributed by atoms with Gasteiger partial charge in [0.2, 0.25) is 0 Å². The van der Waals surface area contributed by atoms with Crippen LogP contribution in [0.2, 0.25) is 0 Å². The van der Waals surface area contributed by atoms with Crippen molar-refractivity contribution in [1.29, 1.82) is 0 Å². The fraction of sp³-hybridized carbons (Fsp3) is 0.714. The molecular formula is C14H20N2O2. The summed E-state index contributed by atoms with van der Waals surface area (Å²) in [6.45, 7) is 0.585. The van der Waals surface area contributed by atoms with Crippen LogP contribution < -0.4 is 5.32 Å². The van der Waals surface area contributed by atoms with Gasteiger partial charge in [-0.15, -0.1) is 12.3 Å². The largest absolute Gasteiger partial charge is 0.325 e. The Morgan fingerprint density at radius 1 is 1.22 bits per heavy atom. The molecule has 1 saturated heterocycles. The quantitative estimate of drug-likeness (QED) is 0.472. The normalized spacial score (nSPS) is 22.7. The Hall–Kier alpha value is -1.50. The number of carbonyl (C=O) groups is 2. The van der Waals surface area contributed by atoms with Crippen molar-refractivity contribution >= 4 is 11.9 Å². The average Bonchev–Trinajstić information content (AvgIpc) is 2.55. The number of rotatable bonds is 3. The minimum atomic E-state index is -0.581. The van der Waals surface area contributed by atoms with Gasteiger partial charge >= 0.3 is 6.03 Å². The lowest BCUT2D eigenvalue weighted by atomic mass is 9.88. The number of nitrogens with one attached hydrogen (secondary N) is 1. The van der Waals surface area contributed by atoms with Gasteiger partial charge in [-0.1, -0.05) is 25.7 Å². The highest BCUT2D eigenvalue weighted by Crippen LogP contribution is 2.36. The fourth-order valence-corrected chi connectivity index (χ4v) is 3.06. The van der Waals surface area contributed by atoms with E-state index < -0.39 is 5.54 Å². The highest BCUT2D eigenvalue weighted by molar-refractivity contribution is 6.07. The van der Waals surface area contributed by atoms with Crippen LogP contribution in [0.25, 0.3) is 0 Å². The number of hydrogen-bond acceptors (Lipinski definition) is 2. The van der Waals surface area contributed by atoms with Gasteiger partial charge in [-0.05, 0) is 19.3 Å². The van der Waals surface area contributed by atoms with Crippen LogP contribution in [-0.2, 0) is 4.79 Å². The molecule has 0 unspecified atom stereocenters. The van der Waals surface area contributed by atoms with E-state index in [0.29, 0.717) is 13.0 Å². The molecule has 0 aromatic heterocycles. The number of unbranched alkanes of at least 4 members (excludes halogenated alkanes) is 1. The molecule has 2 aliphatic rings. The predicted molar refractivity (Wildman–Crippen MR) is 68.7 cm³/mol. The minimum absolute atomic E-state index is 0.102. The number of nitrogens with zero attached hydrogens (tertiary/aromatic N) is 1. The lowest BCUT2D eigenvalue weighted by molar-refractivity contribution is -0.127. The molecule has 4 heteroatoms. The lowest BCUT2D eigenvalue weighted by Gasteiger charge is -2.34. The molecule has 1 aliphatic heterocycles. The van der Waals surface area contributed by atoms with Gasteiger partial charge in [-0.3, -0.25) is 10.1 Å². The van der Waals surface area contributed by atoms with E-state index in [1.165, 1.54) is 0 Å². The van der Waals surface area contributed by atoms with E-state index in [2.05, 4.69) is 11.2 Å². The molecule has 1 heterocycles. The molecule has 1 N–H and O–H groups in total. The molecule has 98 valence electrons. The third kappa shape index (κ3) is 2.22. The molecule has 1 aliphatic carbocycles. The van der Waals surface area contributed by atoms with E-state index in [0.717, 1.165) is 44.9 Å². The summed E-state index contributed by atoms with van der Waals surface area (Å²) < 4.78 is 0. The summed E-state index contributed by atoms with van der Waals surface area (Å²) in [5.41, 5.74) is -0.581. The maximum absolute atomic E-state index is 12.1. The molecular weight excluding hydrogens is 228 g/mol. The molecule has 18 heavy (non-hydrogen) atoms. The zero-order valence-corrected chi connectivity index (χ0v) is 10.7. The summed E-state index contributed by atoms with van der Waals surface area (Å²) in [6.07, 6.45) is 12.6. The molecule has 1 spiro atoms. The van der Waals surface area contributed by atoms with Gasteiger partial charge in [0.25, 0.3) is 5.91 Å². The molecule has 0 bridgehead atoms. The van der Waals surface area contributed by atoms with E-state index in [1.807, 2.05) is 0 Å². The first-order valence-corrected chi connectivity index (χ1v) is 6.77. The van der Waals surface area contributed by atoms with Crippen molar-refractivity contribution in [3.05, 3.63) is 0 Å². The molecule has 0 aromatic rings. The molecule has 2 fully saturated rings. The summed E-state index contributed by atoms with van der Waals surface area (Å²) >= 11 is 0. The number of carbonyl (C=O) groups excluding carboxylic acids is 2. The van der Waals surface area contributed by atoms with Gasteiger partial charge < -0.3 is 4.90 Å². The number of hydrogen-bond donors (Lipinski definition) is 1. The van der Waals surface area contributed by atoms with E-state index in [4.69, 9.17) is 6.42 Å². The van der Waals surface area contributed by atoms with Gasteiger partial charge in [-0.25, -0.2) is 4.79 Å². The van der Waals surface area contributed by atoms with Gasteiger partial charge in [0.1, 0.15) is 5.54 Å². The highest BCUT2D eigenvalue weighted by atomic mass is 16.2. The summed E-state index contributed by atoms with van der Waals surface area (Å²) in [5, 5.41) is 2.48. The van der Waals surface area contributed by atoms with Crippen molar-refractivity contribution in [2.24, 2.45) is 0 Å². The standard InChI is InChI=1S/C14H20N2O2/c1-2-3-8-11-16-13(18)15-12(17)14(16)9-6-4-5-7-10-14/h1H,3-11H2,(H,15,17,18). The second-order valence-electron chi connectivity index (χ2n) is 5.16. The maximum atomic E-state index is 12.1. The molecule has 0 aromatic carbocycles. The van der Waals surface area contributed by atoms with Crippen LogP contribution >= 0.6 is 0 Å². The molecule has 1 saturated carbocycles. The molecule has 4 nitrogen and oxygen atoms in total. The van der Waals surface area contributed by atoms with E-state index in [-0.39, 0.29) is 11.9 Å². The zero-order chi connectivity index (χ0) is 13.0. The summed E-state index contributed by atoms with van der Waals surface area (Å²) in [4.78, 5) is 25.8. The van der Waals surface area contributed by atoms with Crippen LogP contribution in [0.3, 0.4) is 0 Å². The third-order valence-corrected chi connectivity index (χ3v) is 4.04. The summed E-state index contributed by atoms with van der Waals surface area (Å²) in [5.74, 6) is 2.48. The van der Waals surface area contributed by atoms with Crippen molar-refractivity contribution in [3.63, 3.8) is 0 Å². The summed E-state index contributed by atoms with van der Waals surface area (Å²) in [6, 6.07) is -0.237. The Morgan fingerprint density at radius 2 is 1.89 bits per heavy atom. The van der Waals surface area contributed by atoms with Crippen LogP contribution in [0.4, 0.5) is 4.79 Å². The van der Waals surface area contributed by atoms with Crippen LogP contribution in [0.15, 0.2) is 0 Å². The van der Waals surface area contributed by atoms with Gasteiger partial charge in [0.15, 0.2) is 0 Å². The third-order valence-electron chi connectivity index (χ3n) is 4.04. The van der Waals surface area contributed by atoms with E-state index >= 15 is 0 Å². The Balaban J connectivity index is 2.14. The lowest BCUT2D eigenvalue weighted by Crippen LogP contribution is -2.49. The van der Waals surface area contributed by atoms with Crippen LogP contribution in [-0.4, -0.2) is 28.9 Å². The van der Waals surface area contributed by atoms with Crippen LogP contribution in [0.1, 0.15) is 51.4 Å². The molecule has 2 rings (SSSR count). The van der Waals surface area contributed by atoms with Crippen molar-refractivity contribution in [1.82, 2.24) is 10.2 Å². The molecule has 0 atom stereocenters. The minimum Gasteiger partial charge on any atom is -0.310 e. The number of terminal acetylenes is 1. The predicted octanol–water partition coefficient (Wildman–Crippen LogP) is 2.04. The highest BCUT2D eigenvalue weighted by Gasteiger charge is 2.51. The van der Waals surface area contributed by atoms with Crippen molar-refractivity contribution in [3.8, 4) is 12.3 Å². The van der Waals surface area contributed by atoms with E-state index in [1.54, 1.807) is 4.90 Å². The van der Waals surface area contributed by atoms with Gasteiger partial charge in [-0.2, -0.15) is 0 Å². The molecule has 3 amide bonds. The molecule has 0 radical (unpaired) electrons. The van der Waals surface area contributed by atoms with E-state index in [9.17, 15) is 9.59 Å². The van der Waals surface area contributed by atoms with Crippen molar-refractivity contribution < 1.29 is 9.59 Å². The summed E-state index contributed by atoms with van der Waals surface area (Å²) in [7, 11) is 0. The first-order chi connectivity index (χ1) is 8.70. The Bertz CT molecular complexity index is 376. The average molecular weight is 248 g/mol. The first-order valence-electron chi connectivity index (χ1n) is 6.77. The number of urea groups is 1. The number of amides is 3. The monoisotopic (exact) mass is 248 g/mol. The Kier molecular flexibility index (Phi) is 3.90. The van der Waals surface area contributed by atoms with Crippen LogP contribution in [0, 0.1) is 12.3 Å². The van der Waals surface area contributed by atoms with Crippen LogP contribution in [0.5, 0.6) is 0 Å². The Morgan fingerprint density at radius 3 is 2.50 bits per heavy atom. The van der Waals surface area contributed by atoms with Gasteiger partial charge in [0.05, 0.1) is 0 Å². The fourth-order valence-electron chi connectivity index (χ4n) is 3.06. The topological polar surface area (TPSA) is 49.4 Å². The maximum Gasteiger partial charge on any atom is 0.325 e. The first kappa shape index (κ1) is 12.9. The smallest absolute Gasteiger partial charge is 0.310 e. The van der Waals surface area contributed by atoms with Gasteiger partial charge in [0, 0.05) is 13.0 Å². The van der Waals surface area contributed by atoms with Crippen molar-refractivity contribution in [2.75, 3.05) is 6.54 Å². The second-order valence-corrected chi connectivity index (χ2v) is 5.16. The Labute approximate surface area is 108 Å². The SMILES string of the molecule is C#CCCCN1C(=O)NC(=O)C12CCCCCC2. The van der Waals surface area contributed by atoms with Crippen molar-refractivity contribution in [2.45, 2.75) is 56.9 Å². The zero-order valence-electron chi connectivity index (χ0n) is 10.7.